The first kappa shape index (κ1) is 17.9. The van der Waals surface area contributed by atoms with E-state index in [-0.39, 0.29) is 24.5 Å². The normalized spacial score (nSPS) is 23.7. The molecule has 0 radical (unpaired) electrons. The van der Waals surface area contributed by atoms with Crippen LogP contribution in [0.3, 0.4) is 0 Å². The Balaban J connectivity index is 1.35. The van der Waals surface area contributed by atoms with E-state index in [0.717, 1.165) is 16.8 Å². The van der Waals surface area contributed by atoms with Crippen molar-refractivity contribution in [3.05, 3.63) is 76.4 Å². The molecule has 2 atom stereocenters. The molecular weight excluding hydrogens is 386 g/mol. The van der Waals surface area contributed by atoms with Gasteiger partial charge >= 0.3 is 0 Å². The summed E-state index contributed by atoms with van der Waals surface area (Å²) in [6, 6.07) is 15.2. The largest absolute Gasteiger partial charge is 0.395 e. The highest BCUT2D eigenvalue weighted by molar-refractivity contribution is 7.18. The Bertz CT molecular complexity index is 1120. The quantitative estimate of drug-likeness (QED) is 0.492. The van der Waals surface area contributed by atoms with Crippen LogP contribution < -0.4 is 10.6 Å². The van der Waals surface area contributed by atoms with E-state index in [4.69, 9.17) is 0 Å². The highest BCUT2D eigenvalue weighted by atomic mass is 32.1. The SMILES string of the molecule is O=C1Nc2sc(C(=O)NC3C[C@]3(CO)c3ccccc3)cc2/C1=C/c1ccc[nH]1. The maximum Gasteiger partial charge on any atom is 0.261 e. The van der Waals surface area contributed by atoms with Gasteiger partial charge in [0.2, 0.25) is 0 Å². The number of H-pyrrole nitrogens is 1. The first-order chi connectivity index (χ1) is 14.1. The van der Waals surface area contributed by atoms with E-state index in [1.165, 1.54) is 11.3 Å². The van der Waals surface area contributed by atoms with Crippen molar-refractivity contribution in [2.75, 3.05) is 11.9 Å². The van der Waals surface area contributed by atoms with E-state index in [1.807, 2.05) is 42.5 Å². The number of benzene rings is 1. The van der Waals surface area contributed by atoms with Crippen molar-refractivity contribution in [1.82, 2.24) is 10.3 Å². The van der Waals surface area contributed by atoms with Crippen molar-refractivity contribution in [1.29, 1.82) is 0 Å². The molecular formula is C22H19N3O3S. The van der Waals surface area contributed by atoms with E-state index in [0.29, 0.717) is 21.9 Å². The molecule has 2 aliphatic rings. The topological polar surface area (TPSA) is 94.2 Å². The molecule has 1 aromatic carbocycles. The second-order valence-corrected chi connectivity index (χ2v) is 8.45. The lowest BCUT2D eigenvalue weighted by Crippen LogP contribution is -2.32. The average molecular weight is 405 g/mol. The van der Waals surface area contributed by atoms with Crippen molar-refractivity contribution in [3.8, 4) is 0 Å². The Morgan fingerprint density at radius 2 is 2.10 bits per heavy atom. The number of aliphatic hydroxyl groups excluding tert-OH is 1. The molecule has 7 heteroatoms. The van der Waals surface area contributed by atoms with Gasteiger partial charge in [0, 0.05) is 28.9 Å². The van der Waals surface area contributed by atoms with E-state index in [2.05, 4.69) is 15.6 Å². The molecule has 1 aliphatic carbocycles. The summed E-state index contributed by atoms with van der Waals surface area (Å²) in [7, 11) is 0. The summed E-state index contributed by atoms with van der Waals surface area (Å²) in [5, 5.41) is 16.5. The number of aliphatic hydroxyl groups is 1. The van der Waals surface area contributed by atoms with Gasteiger partial charge in [-0.25, -0.2) is 0 Å². The number of thiophene rings is 1. The number of hydrogen-bond donors (Lipinski definition) is 4. The number of aromatic nitrogens is 1. The molecule has 2 aromatic heterocycles. The molecule has 1 fully saturated rings. The van der Waals surface area contributed by atoms with Gasteiger partial charge in [-0.05, 0) is 36.3 Å². The van der Waals surface area contributed by atoms with Crippen molar-refractivity contribution in [2.24, 2.45) is 0 Å². The number of hydrogen-bond acceptors (Lipinski definition) is 4. The Kier molecular flexibility index (Phi) is 4.15. The average Bonchev–Trinajstić information content (AvgIpc) is 3.08. The fourth-order valence-electron chi connectivity index (χ4n) is 3.90. The highest BCUT2D eigenvalue weighted by Gasteiger charge is 2.55. The predicted octanol–water partition coefficient (Wildman–Crippen LogP) is 3.00. The number of anilines is 1. The summed E-state index contributed by atoms with van der Waals surface area (Å²) in [6.07, 6.45) is 4.28. The molecule has 4 N–H and O–H groups in total. The summed E-state index contributed by atoms with van der Waals surface area (Å²) in [6.45, 7) is -0.0119. The molecule has 2 amide bonds. The number of amides is 2. The smallest absolute Gasteiger partial charge is 0.261 e. The van der Waals surface area contributed by atoms with Gasteiger partial charge < -0.3 is 20.7 Å². The summed E-state index contributed by atoms with van der Waals surface area (Å²) in [4.78, 5) is 28.7. The number of nitrogens with one attached hydrogen (secondary N) is 3. The molecule has 29 heavy (non-hydrogen) atoms. The minimum absolute atomic E-state index is 0.0119. The number of carbonyl (C=O) groups excluding carboxylic acids is 2. The third-order valence-corrected chi connectivity index (χ3v) is 6.70. The van der Waals surface area contributed by atoms with Crippen LogP contribution in [0, 0.1) is 0 Å². The van der Waals surface area contributed by atoms with E-state index < -0.39 is 5.41 Å². The molecule has 146 valence electrons. The zero-order valence-electron chi connectivity index (χ0n) is 15.4. The standard InChI is InChI=1S/C22H19N3O3S/c26-12-22(13-5-2-1-3-6-13)11-18(22)24-20(28)17-10-16-15(9-14-7-4-8-23-14)19(27)25-21(16)29-17/h1-10,18,23,26H,11-12H2,(H,24,28)(H,25,27)/b15-9-/t18?,22-/m0/s1. The minimum atomic E-state index is -0.413. The van der Waals surface area contributed by atoms with Crippen molar-refractivity contribution in [2.45, 2.75) is 17.9 Å². The van der Waals surface area contributed by atoms with Crippen LogP contribution in [0.4, 0.5) is 5.00 Å². The monoisotopic (exact) mass is 405 g/mol. The zero-order chi connectivity index (χ0) is 20.0. The third-order valence-electron chi connectivity index (χ3n) is 5.65. The van der Waals surface area contributed by atoms with Gasteiger partial charge in [0.1, 0.15) is 5.00 Å². The lowest BCUT2D eigenvalue weighted by molar-refractivity contribution is -0.110. The van der Waals surface area contributed by atoms with Gasteiger partial charge in [0.15, 0.2) is 0 Å². The second-order valence-electron chi connectivity index (χ2n) is 7.40. The van der Waals surface area contributed by atoms with Crippen LogP contribution >= 0.6 is 11.3 Å². The third kappa shape index (κ3) is 2.99. The molecule has 1 saturated carbocycles. The number of aromatic amines is 1. The first-order valence-corrected chi connectivity index (χ1v) is 10.2. The molecule has 0 spiro atoms. The van der Waals surface area contributed by atoms with Gasteiger partial charge in [0.25, 0.3) is 11.8 Å². The lowest BCUT2D eigenvalue weighted by Gasteiger charge is -2.15. The number of carbonyl (C=O) groups is 2. The lowest BCUT2D eigenvalue weighted by atomic mass is 9.96. The van der Waals surface area contributed by atoms with Gasteiger partial charge in [-0.1, -0.05) is 30.3 Å². The zero-order valence-corrected chi connectivity index (χ0v) is 16.3. The van der Waals surface area contributed by atoms with Crippen LogP contribution in [0.15, 0.2) is 54.7 Å². The fraction of sp³-hybridized carbons (Fsp3) is 0.182. The fourth-order valence-corrected chi connectivity index (χ4v) is 4.87. The van der Waals surface area contributed by atoms with Crippen LogP contribution in [0.2, 0.25) is 0 Å². The van der Waals surface area contributed by atoms with Crippen LogP contribution in [-0.4, -0.2) is 34.6 Å². The molecule has 6 nitrogen and oxygen atoms in total. The van der Waals surface area contributed by atoms with Gasteiger partial charge in [-0.3, -0.25) is 9.59 Å². The Hall–Kier alpha value is -3.16. The van der Waals surface area contributed by atoms with E-state index in [1.54, 1.807) is 18.3 Å². The van der Waals surface area contributed by atoms with E-state index >= 15 is 0 Å². The summed E-state index contributed by atoms with van der Waals surface area (Å²) >= 11 is 1.27. The summed E-state index contributed by atoms with van der Waals surface area (Å²) in [5.74, 6) is -0.354. The van der Waals surface area contributed by atoms with Crippen molar-refractivity contribution >= 4 is 39.8 Å². The van der Waals surface area contributed by atoms with E-state index in [9.17, 15) is 14.7 Å². The molecule has 0 bridgehead atoms. The highest BCUT2D eigenvalue weighted by Crippen LogP contribution is 2.48. The maximum atomic E-state index is 12.8. The summed E-state index contributed by atoms with van der Waals surface area (Å²) < 4.78 is 0. The van der Waals surface area contributed by atoms with Crippen LogP contribution in [0.25, 0.3) is 11.6 Å². The van der Waals surface area contributed by atoms with Crippen LogP contribution in [-0.2, 0) is 10.2 Å². The van der Waals surface area contributed by atoms with Crippen LogP contribution in [0.1, 0.15) is 32.9 Å². The molecule has 1 unspecified atom stereocenters. The summed E-state index contributed by atoms with van der Waals surface area (Å²) in [5.41, 5.74) is 2.73. The van der Waals surface area contributed by atoms with Crippen molar-refractivity contribution < 1.29 is 14.7 Å². The molecule has 1 aliphatic heterocycles. The van der Waals surface area contributed by atoms with Crippen molar-refractivity contribution in [3.63, 3.8) is 0 Å². The number of fused-ring (bicyclic) bond motifs is 1. The Morgan fingerprint density at radius 3 is 2.83 bits per heavy atom. The number of rotatable bonds is 5. The molecule has 5 rings (SSSR count). The van der Waals surface area contributed by atoms with Gasteiger partial charge in [-0.2, -0.15) is 0 Å². The first-order valence-electron chi connectivity index (χ1n) is 9.38. The Labute approximate surface area is 171 Å². The predicted molar refractivity (Wildman–Crippen MR) is 113 cm³/mol. The molecule has 3 aromatic rings. The second kappa shape index (κ2) is 6.72. The van der Waals surface area contributed by atoms with Gasteiger partial charge in [0.05, 0.1) is 17.1 Å². The van der Waals surface area contributed by atoms with Crippen LogP contribution in [0.5, 0.6) is 0 Å². The van der Waals surface area contributed by atoms with Gasteiger partial charge in [-0.15, -0.1) is 11.3 Å². The molecule has 3 heterocycles. The minimum Gasteiger partial charge on any atom is -0.395 e. The molecule has 0 saturated heterocycles. The Morgan fingerprint density at radius 1 is 1.28 bits per heavy atom. The maximum absolute atomic E-state index is 12.8.